The Morgan fingerprint density at radius 2 is 1.94 bits per heavy atom. The molecule has 5 heteroatoms. The molecule has 0 radical (unpaired) electrons. The summed E-state index contributed by atoms with van der Waals surface area (Å²) in [5, 5.41) is 18.0. The molecule has 1 aliphatic rings. The molecule has 1 atom stereocenters. The second kappa shape index (κ2) is 4.78. The first-order valence-electron chi connectivity index (χ1n) is 5.85. The van der Waals surface area contributed by atoms with E-state index in [9.17, 15) is 9.59 Å². The van der Waals surface area contributed by atoms with Gasteiger partial charge in [-0.15, -0.1) is 0 Å². The first-order chi connectivity index (χ1) is 8.52. The number of aliphatic carboxylic acids is 1. The van der Waals surface area contributed by atoms with E-state index in [1.54, 1.807) is 18.2 Å². The van der Waals surface area contributed by atoms with Gasteiger partial charge in [0.05, 0.1) is 5.56 Å². The van der Waals surface area contributed by atoms with Gasteiger partial charge in [0, 0.05) is 13.1 Å². The molecule has 96 valence electrons. The average molecular weight is 249 g/mol. The predicted octanol–water partition coefficient (Wildman–Crippen LogP) is 1.56. The summed E-state index contributed by atoms with van der Waals surface area (Å²) in [4.78, 5) is 23.8. The van der Waals surface area contributed by atoms with E-state index in [2.05, 4.69) is 0 Å². The Kier molecular flexibility index (Phi) is 3.34. The van der Waals surface area contributed by atoms with Gasteiger partial charge < -0.3 is 10.2 Å². The van der Waals surface area contributed by atoms with E-state index in [1.165, 1.54) is 0 Å². The van der Waals surface area contributed by atoms with Crippen molar-refractivity contribution in [3.05, 3.63) is 34.9 Å². The predicted molar refractivity (Wildman–Crippen MR) is 64.4 cm³/mol. The van der Waals surface area contributed by atoms with Crippen molar-refractivity contribution in [1.82, 2.24) is 4.90 Å². The fourth-order valence-electron chi connectivity index (χ4n) is 2.36. The van der Waals surface area contributed by atoms with Crippen molar-refractivity contribution >= 4 is 11.9 Å². The van der Waals surface area contributed by atoms with Gasteiger partial charge in [0.25, 0.3) is 0 Å². The summed E-state index contributed by atoms with van der Waals surface area (Å²) in [5.74, 6) is -1.79. The summed E-state index contributed by atoms with van der Waals surface area (Å²) in [6.07, 6.45) is 0.537. The van der Waals surface area contributed by atoms with Crippen LogP contribution in [-0.2, 0) is 17.9 Å². The number of hydrogen-bond acceptors (Lipinski definition) is 3. The first kappa shape index (κ1) is 12.6. The number of benzene rings is 1. The molecule has 2 rings (SSSR count). The molecule has 0 saturated heterocycles. The summed E-state index contributed by atoms with van der Waals surface area (Å²) >= 11 is 0. The topological polar surface area (TPSA) is 77.8 Å². The number of hydrogen-bond donors (Lipinski definition) is 2. The van der Waals surface area contributed by atoms with Crippen LogP contribution in [0.5, 0.6) is 0 Å². The molecule has 1 aromatic rings. The van der Waals surface area contributed by atoms with E-state index in [0.29, 0.717) is 19.5 Å². The maximum Gasteiger partial charge on any atom is 0.335 e. The highest BCUT2D eigenvalue weighted by Crippen LogP contribution is 2.26. The van der Waals surface area contributed by atoms with Gasteiger partial charge in [-0.25, -0.2) is 4.79 Å². The van der Waals surface area contributed by atoms with Crippen LogP contribution in [0.4, 0.5) is 0 Å². The summed E-state index contributed by atoms with van der Waals surface area (Å²) in [7, 11) is 0. The second-order valence-corrected chi connectivity index (χ2v) is 4.46. The average Bonchev–Trinajstić information content (AvgIpc) is 2.71. The van der Waals surface area contributed by atoms with Crippen molar-refractivity contribution in [2.75, 3.05) is 0 Å². The fraction of sp³-hybridized carbons (Fsp3) is 0.385. The third-order valence-corrected chi connectivity index (χ3v) is 3.31. The summed E-state index contributed by atoms with van der Waals surface area (Å²) in [6, 6.07) is 4.46. The maximum absolute atomic E-state index is 11.1. The van der Waals surface area contributed by atoms with Gasteiger partial charge in [-0.2, -0.15) is 0 Å². The number of rotatable bonds is 4. The Morgan fingerprint density at radius 3 is 2.50 bits per heavy atom. The van der Waals surface area contributed by atoms with Crippen molar-refractivity contribution in [3.8, 4) is 0 Å². The smallest absolute Gasteiger partial charge is 0.335 e. The van der Waals surface area contributed by atoms with Crippen LogP contribution in [0.2, 0.25) is 0 Å². The van der Waals surface area contributed by atoms with Crippen LogP contribution in [0.15, 0.2) is 18.2 Å². The van der Waals surface area contributed by atoms with Gasteiger partial charge in [0.1, 0.15) is 6.04 Å². The van der Waals surface area contributed by atoms with E-state index < -0.39 is 18.0 Å². The van der Waals surface area contributed by atoms with Gasteiger partial charge >= 0.3 is 11.9 Å². The minimum absolute atomic E-state index is 0.249. The first-order valence-corrected chi connectivity index (χ1v) is 5.85. The Balaban J connectivity index is 2.22. The lowest BCUT2D eigenvalue weighted by Gasteiger charge is -2.22. The van der Waals surface area contributed by atoms with E-state index in [1.807, 2.05) is 11.8 Å². The van der Waals surface area contributed by atoms with E-state index in [0.717, 1.165) is 11.1 Å². The highest BCUT2D eigenvalue weighted by molar-refractivity contribution is 5.88. The molecule has 2 N–H and O–H groups in total. The molecule has 1 heterocycles. The van der Waals surface area contributed by atoms with Crippen molar-refractivity contribution < 1.29 is 19.8 Å². The van der Waals surface area contributed by atoms with Gasteiger partial charge in [0.15, 0.2) is 0 Å². The standard InChI is InChI=1S/C13H15NO4/c1-2-11(13(17)18)14-6-9-4-3-8(12(15)16)5-10(9)7-14/h3-5,11H,2,6-7H2,1H3,(H,15,16)(H,17,18). The van der Waals surface area contributed by atoms with Crippen LogP contribution in [-0.4, -0.2) is 33.1 Å². The van der Waals surface area contributed by atoms with Crippen molar-refractivity contribution in [1.29, 1.82) is 0 Å². The van der Waals surface area contributed by atoms with E-state index in [4.69, 9.17) is 10.2 Å². The lowest BCUT2D eigenvalue weighted by atomic mass is 10.1. The number of carbonyl (C=O) groups is 2. The molecule has 0 bridgehead atoms. The molecule has 0 saturated carbocycles. The third kappa shape index (κ3) is 2.22. The molecule has 1 aliphatic heterocycles. The Bertz CT molecular complexity index is 498. The minimum atomic E-state index is -0.957. The van der Waals surface area contributed by atoms with Crippen LogP contribution in [0.1, 0.15) is 34.8 Å². The lowest BCUT2D eigenvalue weighted by Crippen LogP contribution is -2.36. The molecule has 1 aromatic carbocycles. The fourth-order valence-corrected chi connectivity index (χ4v) is 2.36. The highest BCUT2D eigenvalue weighted by atomic mass is 16.4. The number of aromatic carboxylic acids is 1. The zero-order chi connectivity index (χ0) is 13.3. The van der Waals surface area contributed by atoms with Crippen molar-refractivity contribution in [2.45, 2.75) is 32.5 Å². The zero-order valence-corrected chi connectivity index (χ0v) is 10.1. The molecular formula is C13H15NO4. The molecule has 5 nitrogen and oxygen atoms in total. The van der Waals surface area contributed by atoms with E-state index >= 15 is 0 Å². The van der Waals surface area contributed by atoms with Crippen molar-refractivity contribution in [3.63, 3.8) is 0 Å². The molecular weight excluding hydrogens is 234 g/mol. The molecule has 1 unspecified atom stereocenters. The van der Waals surface area contributed by atoms with Gasteiger partial charge in [-0.3, -0.25) is 9.69 Å². The molecule has 0 fully saturated rings. The number of fused-ring (bicyclic) bond motifs is 1. The Labute approximate surface area is 105 Å². The molecule has 18 heavy (non-hydrogen) atoms. The summed E-state index contributed by atoms with van der Waals surface area (Å²) < 4.78 is 0. The quantitative estimate of drug-likeness (QED) is 0.846. The summed E-state index contributed by atoms with van der Waals surface area (Å²) in [6.45, 7) is 2.91. The van der Waals surface area contributed by atoms with Crippen LogP contribution >= 0.6 is 0 Å². The monoisotopic (exact) mass is 249 g/mol. The molecule has 0 spiro atoms. The van der Waals surface area contributed by atoms with Crippen LogP contribution < -0.4 is 0 Å². The minimum Gasteiger partial charge on any atom is -0.480 e. The third-order valence-electron chi connectivity index (χ3n) is 3.31. The van der Waals surface area contributed by atoms with Crippen molar-refractivity contribution in [2.24, 2.45) is 0 Å². The van der Waals surface area contributed by atoms with E-state index in [-0.39, 0.29) is 5.56 Å². The second-order valence-electron chi connectivity index (χ2n) is 4.46. The normalized spacial score (nSPS) is 16.3. The van der Waals surface area contributed by atoms with Gasteiger partial charge in [0.2, 0.25) is 0 Å². The number of carboxylic acids is 2. The zero-order valence-electron chi connectivity index (χ0n) is 10.1. The summed E-state index contributed by atoms with van der Waals surface area (Å²) in [5.41, 5.74) is 2.17. The van der Waals surface area contributed by atoms with Crippen LogP contribution in [0.25, 0.3) is 0 Å². The highest BCUT2D eigenvalue weighted by Gasteiger charge is 2.29. The van der Waals surface area contributed by atoms with Gasteiger partial charge in [-0.1, -0.05) is 13.0 Å². The van der Waals surface area contributed by atoms with Crippen LogP contribution in [0.3, 0.4) is 0 Å². The van der Waals surface area contributed by atoms with Crippen LogP contribution in [0, 0.1) is 0 Å². The SMILES string of the molecule is CCC(C(=O)O)N1Cc2ccc(C(=O)O)cc2C1. The molecule has 0 aromatic heterocycles. The largest absolute Gasteiger partial charge is 0.480 e. The Morgan fingerprint density at radius 1 is 1.28 bits per heavy atom. The number of carboxylic acid groups (broad SMARTS) is 2. The lowest BCUT2D eigenvalue weighted by molar-refractivity contribution is -0.143. The Hall–Kier alpha value is -1.88. The number of nitrogens with zero attached hydrogens (tertiary/aromatic N) is 1. The molecule has 0 aliphatic carbocycles. The molecule has 0 amide bonds. The maximum atomic E-state index is 11.1. The van der Waals surface area contributed by atoms with Gasteiger partial charge in [-0.05, 0) is 29.7 Å².